The lowest BCUT2D eigenvalue weighted by molar-refractivity contribution is -0.0494. The molecule has 158 valence electrons. The summed E-state index contributed by atoms with van der Waals surface area (Å²) in [5, 5.41) is 3.94. The van der Waals surface area contributed by atoms with Gasteiger partial charge in [0.2, 0.25) is 11.7 Å². The lowest BCUT2D eigenvalue weighted by Crippen LogP contribution is -2.30. The van der Waals surface area contributed by atoms with Crippen molar-refractivity contribution in [2.24, 2.45) is 0 Å². The second-order valence-corrected chi connectivity index (χ2v) is 6.82. The highest BCUT2D eigenvalue weighted by Gasteiger charge is 2.22. The van der Waals surface area contributed by atoms with Crippen molar-refractivity contribution in [3.05, 3.63) is 53.4 Å². The molecule has 2 aromatic carbocycles. The van der Waals surface area contributed by atoms with Crippen molar-refractivity contribution in [3.8, 4) is 28.6 Å². The van der Waals surface area contributed by atoms with E-state index in [1.807, 2.05) is 12.1 Å². The first-order valence-electron chi connectivity index (χ1n) is 9.40. The van der Waals surface area contributed by atoms with Crippen LogP contribution in [0, 0.1) is 0 Å². The molecule has 0 saturated carbocycles. The van der Waals surface area contributed by atoms with Crippen LogP contribution in [0.4, 0.5) is 8.78 Å². The number of hydrogen-bond donors (Lipinski definition) is 0. The van der Waals surface area contributed by atoms with Crippen LogP contribution >= 0.6 is 0 Å². The van der Waals surface area contributed by atoms with Gasteiger partial charge in [-0.05, 0) is 41.8 Å². The van der Waals surface area contributed by atoms with Crippen molar-refractivity contribution in [3.63, 3.8) is 0 Å². The number of methoxy groups -OCH3 is 2. The summed E-state index contributed by atoms with van der Waals surface area (Å²) < 4.78 is 46.0. The lowest BCUT2D eigenvalue weighted by Gasteiger charge is -2.28. The summed E-state index contributed by atoms with van der Waals surface area (Å²) >= 11 is 0. The first-order valence-corrected chi connectivity index (χ1v) is 9.40. The highest BCUT2D eigenvalue weighted by molar-refractivity contribution is 5.63. The molecule has 0 spiro atoms. The largest absolute Gasteiger partial charge is 0.493 e. The molecule has 0 radical (unpaired) electrons. The van der Waals surface area contributed by atoms with Gasteiger partial charge < -0.3 is 18.7 Å². The molecule has 0 saturated heterocycles. The maximum absolute atomic E-state index is 12.6. The number of halogens is 2. The zero-order chi connectivity index (χ0) is 21.1. The Morgan fingerprint density at radius 2 is 1.80 bits per heavy atom. The van der Waals surface area contributed by atoms with Gasteiger partial charge in [0, 0.05) is 13.1 Å². The van der Waals surface area contributed by atoms with Crippen LogP contribution in [-0.2, 0) is 19.5 Å². The molecule has 30 heavy (non-hydrogen) atoms. The Kier molecular flexibility index (Phi) is 5.80. The molecule has 0 atom stereocenters. The third-order valence-electron chi connectivity index (χ3n) is 4.97. The first kappa shape index (κ1) is 20.1. The predicted octanol–water partition coefficient (Wildman–Crippen LogP) is 3.91. The minimum absolute atomic E-state index is 0.00721. The fourth-order valence-electron chi connectivity index (χ4n) is 3.55. The van der Waals surface area contributed by atoms with E-state index in [0.717, 1.165) is 24.3 Å². The molecule has 0 fully saturated rings. The van der Waals surface area contributed by atoms with E-state index in [-0.39, 0.29) is 11.6 Å². The fourth-order valence-corrected chi connectivity index (χ4v) is 3.55. The maximum atomic E-state index is 12.6. The van der Waals surface area contributed by atoms with Gasteiger partial charge in [0.1, 0.15) is 5.75 Å². The number of fused-ring (bicyclic) bond motifs is 1. The Hall–Kier alpha value is -3.20. The number of alkyl halides is 2. The second-order valence-electron chi connectivity index (χ2n) is 6.82. The van der Waals surface area contributed by atoms with Gasteiger partial charge in [-0.25, -0.2) is 0 Å². The maximum Gasteiger partial charge on any atom is 0.387 e. The summed E-state index contributed by atoms with van der Waals surface area (Å²) in [6.07, 6.45) is 0.849. The van der Waals surface area contributed by atoms with Crippen LogP contribution in [0.15, 0.2) is 40.9 Å². The summed E-state index contributed by atoms with van der Waals surface area (Å²) in [6.45, 7) is -0.982. The molecule has 1 aromatic heterocycles. The Labute approximate surface area is 172 Å². The summed E-state index contributed by atoms with van der Waals surface area (Å²) in [6, 6.07) is 10.4. The van der Waals surface area contributed by atoms with E-state index in [4.69, 9.17) is 14.0 Å². The summed E-state index contributed by atoms with van der Waals surface area (Å²) in [4.78, 5) is 6.54. The average Bonchev–Trinajstić information content (AvgIpc) is 3.20. The van der Waals surface area contributed by atoms with E-state index in [2.05, 4.69) is 19.8 Å². The van der Waals surface area contributed by atoms with Crippen LogP contribution in [0.5, 0.6) is 17.2 Å². The van der Waals surface area contributed by atoms with Gasteiger partial charge in [-0.3, -0.25) is 4.90 Å². The third kappa shape index (κ3) is 4.20. The standard InChI is InChI=1S/C21H21F2N3O4/c1-27-17-9-13-7-8-26(11-14(13)10-18(17)28-2)12-19-24-20(25-30-19)15-5-3-4-6-16(15)29-21(22)23/h3-6,9-10,21H,7-8,11-12H2,1-2H3. The molecular weight excluding hydrogens is 396 g/mol. The SMILES string of the molecule is COc1cc2c(cc1OC)CN(Cc1nc(-c3ccccc3OC(F)F)no1)CC2. The van der Waals surface area contributed by atoms with E-state index in [0.29, 0.717) is 30.3 Å². The molecule has 1 aliphatic rings. The molecule has 3 aromatic rings. The molecule has 7 nitrogen and oxygen atoms in total. The van der Waals surface area contributed by atoms with Crippen LogP contribution < -0.4 is 14.2 Å². The topological polar surface area (TPSA) is 69.9 Å². The molecule has 4 rings (SSSR count). The molecule has 9 heteroatoms. The molecule has 0 amide bonds. The van der Waals surface area contributed by atoms with E-state index < -0.39 is 6.61 Å². The summed E-state index contributed by atoms with van der Waals surface area (Å²) in [5.74, 6) is 2.03. The quantitative estimate of drug-likeness (QED) is 0.577. The van der Waals surface area contributed by atoms with Gasteiger partial charge in [0.05, 0.1) is 26.3 Å². The second kappa shape index (κ2) is 8.66. The number of hydrogen-bond acceptors (Lipinski definition) is 7. The Balaban J connectivity index is 1.49. The van der Waals surface area contributed by atoms with Crippen molar-refractivity contribution in [1.82, 2.24) is 15.0 Å². The first-order chi connectivity index (χ1) is 14.6. The van der Waals surface area contributed by atoms with Crippen LogP contribution in [0.1, 0.15) is 17.0 Å². The minimum atomic E-state index is -2.93. The molecule has 0 unspecified atom stereocenters. The average molecular weight is 417 g/mol. The third-order valence-corrected chi connectivity index (χ3v) is 4.97. The molecular formula is C21H21F2N3O4. The van der Waals surface area contributed by atoms with E-state index in [9.17, 15) is 8.78 Å². The molecule has 2 heterocycles. The van der Waals surface area contributed by atoms with Crippen molar-refractivity contribution in [2.45, 2.75) is 26.1 Å². The van der Waals surface area contributed by atoms with Crippen LogP contribution in [0.3, 0.4) is 0 Å². The number of aromatic nitrogens is 2. The van der Waals surface area contributed by atoms with Gasteiger partial charge in [0.15, 0.2) is 11.5 Å². The van der Waals surface area contributed by atoms with Gasteiger partial charge in [-0.15, -0.1) is 0 Å². The van der Waals surface area contributed by atoms with Crippen LogP contribution in [0.25, 0.3) is 11.4 Å². The van der Waals surface area contributed by atoms with Gasteiger partial charge in [-0.1, -0.05) is 17.3 Å². The monoisotopic (exact) mass is 417 g/mol. The summed E-state index contributed by atoms with van der Waals surface area (Å²) in [7, 11) is 3.23. The van der Waals surface area contributed by atoms with Gasteiger partial charge in [0.25, 0.3) is 0 Å². The van der Waals surface area contributed by atoms with Crippen molar-refractivity contribution >= 4 is 0 Å². The molecule has 0 bridgehead atoms. The molecule has 0 aliphatic carbocycles. The van der Waals surface area contributed by atoms with Gasteiger partial charge >= 0.3 is 6.61 Å². The number of ether oxygens (including phenoxy) is 3. The number of benzene rings is 2. The van der Waals surface area contributed by atoms with Crippen molar-refractivity contribution in [2.75, 3.05) is 20.8 Å². The van der Waals surface area contributed by atoms with Crippen molar-refractivity contribution in [1.29, 1.82) is 0 Å². The van der Waals surface area contributed by atoms with E-state index >= 15 is 0 Å². The van der Waals surface area contributed by atoms with Gasteiger partial charge in [-0.2, -0.15) is 13.8 Å². The Morgan fingerprint density at radius 3 is 2.53 bits per heavy atom. The lowest BCUT2D eigenvalue weighted by atomic mass is 9.99. The highest BCUT2D eigenvalue weighted by Crippen LogP contribution is 2.34. The van der Waals surface area contributed by atoms with E-state index in [1.54, 1.807) is 32.4 Å². The van der Waals surface area contributed by atoms with Crippen LogP contribution in [0.2, 0.25) is 0 Å². The Bertz CT molecular complexity index is 1030. The zero-order valence-corrected chi connectivity index (χ0v) is 16.6. The smallest absolute Gasteiger partial charge is 0.387 e. The predicted molar refractivity (Wildman–Crippen MR) is 104 cm³/mol. The Morgan fingerprint density at radius 1 is 1.07 bits per heavy atom. The highest BCUT2D eigenvalue weighted by atomic mass is 19.3. The normalized spacial score (nSPS) is 13.9. The van der Waals surface area contributed by atoms with Crippen molar-refractivity contribution < 1.29 is 27.5 Å². The number of nitrogens with zero attached hydrogens (tertiary/aromatic N) is 3. The molecule has 1 aliphatic heterocycles. The zero-order valence-electron chi connectivity index (χ0n) is 16.6. The van der Waals surface area contributed by atoms with E-state index in [1.165, 1.54) is 11.6 Å². The summed E-state index contributed by atoms with van der Waals surface area (Å²) in [5.41, 5.74) is 2.72. The van der Waals surface area contributed by atoms with Crippen LogP contribution in [-0.4, -0.2) is 42.4 Å². The minimum Gasteiger partial charge on any atom is -0.493 e. The molecule has 0 N–H and O–H groups in total. The number of rotatable bonds is 7. The number of para-hydroxylation sites is 1. The fraction of sp³-hybridized carbons (Fsp3) is 0.333.